The molecule has 0 radical (unpaired) electrons. The van der Waals surface area contributed by atoms with Crippen molar-refractivity contribution in [2.45, 2.75) is 25.7 Å². The number of hydrogen-bond acceptors (Lipinski definition) is 6. The molecule has 12 heteroatoms. The molecule has 8 nitrogen and oxygen atoms in total. The molecule has 3 aromatic heterocycles. The normalized spacial score (nSPS) is 14.8. The van der Waals surface area contributed by atoms with Gasteiger partial charge in [0, 0.05) is 36.5 Å². The monoisotopic (exact) mass is 486 g/mol. The molecule has 0 bridgehead atoms. The number of aromatic nitrogens is 4. The molecule has 1 aliphatic heterocycles. The predicted octanol–water partition coefficient (Wildman–Crippen LogP) is 4.17. The number of hydrogen-bond donors (Lipinski definition) is 1. The molecule has 180 valence electrons. The van der Waals surface area contributed by atoms with Crippen molar-refractivity contribution in [1.82, 2.24) is 24.5 Å². The minimum atomic E-state index is -4.96. The minimum Gasteiger partial charge on any atom is -0.405 e. The largest absolute Gasteiger partial charge is 0.573 e. The van der Waals surface area contributed by atoms with E-state index in [2.05, 4.69) is 19.8 Å². The van der Waals surface area contributed by atoms with E-state index in [0.29, 0.717) is 28.9 Å². The van der Waals surface area contributed by atoms with Crippen molar-refractivity contribution in [3.05, 3.63) is 71.4 Å². The van der Waals surface area contributed by atoms with E-state index in [0.717, 1.165) is 23.8 Å². The van der Waals surface area contributed by atoms with Crippen LogP contribution in [0.3, 0.4) is 0 Å². The van der Waals surface area contributed by atoms with Crippen molar-refractivity contribution < 1.29 is 27.1 Å². The summed E-state index contributed by atoms with van der Waals surface area (Å²) < 4.78 is 58.2. The van der Waals surface area contributed by atoms with Crippen LogP contribution in [0.5, 0.6) is 5.75 Å². The van der Waals surface area contributed by atoms with Gasteiger partial charge in [-0.3, -0.25) is 9.78 Å². The number of nitrogens with two attached hydrogens (primary N) is 1. The van der Waals surface area contributed by atoms with Gasteiger partial charge in [0.1, 0.15) is 11.6 Å². The van der Waals surface area contributed by atoms with Crippen LogP contribution in [0.2, 0.25) is 0 Å². The minimum absolute atomic E-state index is 0.0851. The van der Waals surface area contributed by atoms with Crippen molar-refractivity contribution >= 4 is 17.5 Å². The van der Waals surface area contributed by atoms with Crippen molar-refractivity contribution in [3.8, 4) is 16.9 Å². The van der Waals surface area contributed by atoms with Gasteiger partial charge in [-0.25, -0.2) is 8.91 Å². The van der Waals surface area contributed by atoms with E-state index in [1.807, 2.05) is 0 Å². The third kappa shape index (κ3) is 4.34. The molecule has 4 heterocycles. The molecule has 35 heavy (non-hydrogen) atoms. The van der Waals surface area contributed by atoms with Gasteiger partial charge in [-0.1, -0.05) is 0 Å². The first-order valence-electron chi connectivity index (χ1n) is 10.6. The fourth-order valence-corrected chi connectivity index (χ4v) is 4.20. The SMILES string of the molecule is CC(c1cc(F)ccc1OC(F)(F)F)N1CCc2ncc(-c3ccn4nc(N)nc4c3)cc2C1=O. The first kappa shape index (κ1) is 22.6. The first-order chi connectivity index (χ1) is 16.6. The molecule has 5 rings (SSSR count). The maximum atomic E-state index is 13.9. The van der Waals surface area contributed by atoms with Crippen molar-refractivity contribution in [1.29, 1.82) is 0 Å². The fourth-order valence-electron chi connectivity index (χ4n) is 4.20. The summed E-state index contributed by atoms with van der Waals surface area (Å²) in [6.07, 6.45) is -1.26. The Labute approximate surface area is 196 Å². The van der Waals surface area contributed by atoms with Crippen LogP contribution in [-0.2, 0) is 6.42 Å². The van der Waals surface area contributed by atoms with Crippen LogP contribution in [0.1, 0.15) is 34.6 Å². The number of benzene rings is 1. The lowest BCUT2D eigenvalue weighted by Crippen LogP contribution is -2.40. The van der Waals surface area contributed by atoms with Crippen LogP contribution >= 0.6 is 0 Å². The van der Waals surface area contributed by atoms with E-state index in [1.165, 1.54) is 16.3 Å². The number of carbonyl (C=O) groups is 1. The lowest BCUT2D eigenvalue weighted by Gasteiger charge is -2.34. The summed E-state index contributed by atoms with van der Waals surface area (Å²) >= 11 is 0. The van der Waals surface area contributed by atoms with Gasteiger partial charge in [-0.2, -0.15) is 4.98 Å². The lowest BCUT2D eigenvalue weighted by molar-refractivity contribution is -0.275. The molecule has 0 spiro atoms. The van der Waals surface area contributed by atoms with Crippen LogP contribution in [0.4, 0.5) is 23.5 Å². The second-order valence-electron chi connectivity index (χ2n) is 8.06. The summed E-state index contributed by atoms with van der Waals surface area (Å²) in [7, 11) is 0. The predicted molar refractivity (Wildman–Crippen MR) is 117 cm³/mol. The van der Waals surface area contributed by atoms with Gasteiger partial charge in [0.05, 0.1) is 17.3 Å². The molecule has 0 aliphatic carbocycles. The zero-order valence-corrected chi connectivity index (χ0v) is 18.3. The Morgan fingerprint density at radius 1 is 1.14 bits per heavy atom. The molecule has 2 N–H and O–H groups in total. The van der Waals surface area contributed by atoms with Crippen molar-refractivity contribution in [2.24, 2.45) is 0 Å². The Balaban J connectivity index is 1.48. The van der Waals surface area contributed by atoms with Gasteiger partial charge >= 0.3 is 6.36 Å². The van der Waals surface area contributed by atoms with Crippen LogP contribution < -0.4 is 10.5 Å². The number of carbonyl (C=O) groups excluding carboxylic acids is 1. The summed E-state index contributed by atoms with van der Waals surface area (Å²) in [4.78, 5) is 23.3. The zero-order valence-electron chi connectivity index (χ0n) is 18.3. The van der Waals surface area contributed by atoms with Gasteiger partial charge in [0.25, 0.3) is 5.91 Å². The average molecular weight is 486 g/mol. The molecular weight excluding hydrogens is 468 g/mol. The zero-order chi connectivity index (χ0) is 24.9. The molecule has 1 aliphatic rings. The number of fused-ring (bicyclic) bond motifs is 2. The molecule has 1 atom stereocenters. The molecule has 1 amide bonds. The van der Waals surface area contributed by atoms with Crippen molar-refractivity contribution in [2.75, 3.05) is 12.3 Å². The summed E-state index contributed by atoms with van der Waals surface area (Å²) in [6, 6.07) is 7.03. The number of rotatable bonds is 4. The molecular formula is C23H18F4N6O2. The van der Waals surface area contributed by atoms with Crippen LogP contribution in [0.25, 0.3) is 16.8 Å². The Bertz CT molecular complexity index is 1450. The highest BCUT2D eigenvalue weighted by Gasteiger charge is 2.35. The maximum Gasteiger partial charge on any atom is 0.573 e. The number of nitrogens with zero attached hydrogens (tertiary/aromatic N) is 5. The Hall–Kier alpha value is -4.22. The molecule has 0 fully saturated rings. The molecule has 0 saturated carbocycles. The highest BCUT2D eigenvalue weighted by molar-refractivity contribution is 5.97. The number of nitrogen functional groups attached to an aromatic ring is 1. The second-order valence-corrected chi connectivity index (χ2v) is 8.06. The fraction of sp³-hybridized carbons (Fsp3) is 0.217. The number of pyridine rings is 2. The number of amides is 1. The third-order valence-corrected chi connectivity index (χ3v) is 5.85. The summed E-state index contributed by atoms with van der Waals surface area (Å²) in [5.41, 5.74) is 8.32. The van der Waals surface area contributed by atoms with E-state index in [9.17, 15) is 22.4 Å². The highest BCUT2D eigenvalue weighted by atomic mass is 19.4. The number of halogens is 4. The van der Waals surface area contributed by atoms with Gasteiger partial charge in [-0.15, -0.1) is 18.3 Å². The highest BCUT2D eigenvalue weighted by Crippen LogP contribution is 2.36. The van der Waals surface area contributed by atoms with Crippen LogP contribution in [0, 0.1) is 5.82 Å². The van der Waals surface area contributed by atoms with E-state index in [-0.39, 0.29) is 18.1 Å². The van der Waals surface area contributed by atoms with Gasteiger partial charge in [0.2, 0.25) is 5.95 Å². The summed E-state index contributed by atoms with van der Waals surface area (Å²) in [6.45, 7) is 1.73. The first-order valence-corrected chi connectivity index (χ1v) is 10.6. The quantitative estimate of drug-likeness (QED) is 0.435. The van der Waals surface area contributed by atoms with Gasteiger partial charge in [-0.05, 0) is 48.9 Å². The topological polar surface area (TPSA) is 98.6 Å². The Kier molecular flexibility index (Phi) is 5.30. The Morgan fingerprint density at radius 2 is 1.94 bits per heavy atom. The van der Waals surface area contributed by atoms with Crippen LogP contribution in [0.15, 0.2) is 48.8 Å². The lowest BCUT2D eigenvalue weighted by atomic mass is 9.97. The standard InChI is InChI=1S/C23H18F4N6O2/c1-12(16-10-15(24)2-3-19(16)35-23(25,26)27)32-6-5-18-17(21(32)34)8-14(11-29-18)13-4-7-33-20(9-13)30-22(28)31-33/h2-4,7-12H,5-6H2,1H3,(H2,28,31). The molecule has 1 unspecified atom stereocenters. The number of anilines is 1. The Morgan fingerprint density at radius 3 is 2.71 bits per heavy atom. The smallest absolute Gasteiger partial charge is 0.405 e. The van der Waals surface area contributed by atoms with E-state index >= 15 is 0 Å². The van der Waals surface area contributed by atoms with E-state index in [4.69, 9.17) is 5.73 Å². The summed E-state index contributed by atoms with van der Waals surface area (Å²) in [5.74, 6) is -1.60. The van der Waals surface area contributed by atoms with Crippen molar-refractivity contribution in [3.63, 3.8) is 0 Å². The average Bonchev–Trinajstić information content (AvgIpc) is 3.18. The van der Waals surface area contributed by atoms with E-state index in [1.54, 1.807) is 30.6 Å². The maximum absolute atomic E-state index is 13.9. The van der Waals surface area contributed by atoms with Gasteiger partial charge in [0.15, 0.2) is 5.65 Å². The van der Waals surface area contributed by atoms with Gasteiger partial charge < -0.3 is 15.4 Å². The number of ether oxygens (including phenoxy) is 1. The van der Waals surface area contributed by atoms with E-state index < -0.39 is 29.9 Å². The third-order valence-electron chi connectivity index (χ3n) is 5.85. The molecule has 1 aromatic carbocycles. The number of alkyl halides is 3. The second kappa shape index (κ2) is 8.22. The van der Waals surface area contributed by atoms with Crippen LogP contribution in [-0.4, -0.2) is 43.3 Å². The summed E-state index contributed by atoms with van der Waals surface area (Å²) in [5, 5.41) is 4.02. The molecule has 4 aromatic rings. The molecule has 0 saturated heterocycles.